The van der Waals surface area contributed by atoms with Gasteiger partial charge >= 0.3 is 0 Å². The van der Waals surface area contributed by atoms with Gasteiger partial charge in [-0.3, -0.25) is 0 Å². The highest BCUT2D eigenvalue weighted by Gasteiger charge is 2.19. The van der Waals surface area contributed by atoms with Crippen molar-refractivity contribution >= 4 is 29.1 Å². The second kappa shape index (κ2) is 8.29. The predicted octanol–water partition coefficient (Wildman–Crippen LogP) is 2.66. The summed E-state index contributed by atoms with van der Waals surface area (Å²) in [6.07, 6.45) is 2.46. The molecule has 2 heterocycles. The van der Waals surface area contributed by atoms with Crippen LogP contribution in [0.15, 0.2) is 6.07 Å². The standard InChI is InChI=1S/C16H27N5OS/c1-11(2)9-17-16(23)20-15-18-13(8-14(19-15)22-4)21-7-5-6-12(3)10-21/h8,11-12H,5-7,9-10H2,1-4H3,(H2,17,18,19,20,23). The first-order valence-corrected chi connectivity index (χ1v) is 8.61. The molecule has 0 aliphatic carbocycles. The Bertz CT molecular complexity index is 537. The van der Waals surface area contributed by atoms with E-state index >= 15 is 0 Å². The Labute approximate surface area is 144 Å². The van der Waals surface area contributed by atoms with Gasteiger partial charge in [0.05, 0.1) is 7.11 Å². The molecule has 1 aromatic heterocycles. The number of anilines is 2. The number of rotatable bonds is 5. The van der Waals surface area contributed by atoms with Gasteiger partial charge in [-0.2, -0.15) is 9.97 Å². The minimum Gasteiger partial charge on any atom is -0.481 e. The molecule has 6 nitrogen and oxygen atoms in total. The lowest BCUT2D eigenvalue weighted by Gasteiger charge is -2.32. The molecular weight excluding hydrogens is 310 g/mol. The Morgan fingerprint density at radius 1 is 1.48 bits per heavy atom. The third-order valence-corrected chi connectivity index (χ3v) is 4.02. The van der Waals surface area contributed by atoms with Crippen LogP contribution in [0.3, 0.4) is 0 Å². The Kier molecular flexibility index (Phi) is 6.38. The van der Waals surface area contributed by atoms with Gasteiger partial charge in [-0.25, -0.2) is 0 Å². The quantitative estimate of drug-likeness (QED) is 0.801. The molecule has 0 bridgehead atoms. The van der Waals surface area contributed by atoms with E-state index in [-0.39, 0.29) is 0 Å². The number of methoxy groups -OCH3 is 1. The lowest BCUT2D eigenvalue weighted by molar-refractivity contribution is 0.396. The maximum absolute atomic E-state index is 5.31. The van der Waals surface area contributed by atoms with Gasteiger partial charge in [-0.1, -0.05) is 20.8 Å². The van der Waals surface area contributed by atoms with Crippen molar-refractivity contribution in [3.63, 3.8) is 0 Å². The molecule has 1 saturated heterocycles. The van der Waals surface area contributed by atoms with Crippen LogP contribution >= 0.6 is 12.2 Å². The Hall–Kier alpha value is -1.63. The zero-order valence-corrected chi connectivity index (χ0v) is 15.2. The normalized spacial score (nSPS) is 18.0. The fourth-order valence-electron chi connectivity index (χ4n) is 2.58. The van der Waals surface area contributed by atoms with Crippen LogP contribution in [0.5, 0.6) is 5.88 Å². The van der Waals surface area contributed by atoms with Gasteiger partial charge in [0.25, 0.3) is 0 Å². The van der Waals surface area contributed by atoms with Gasteiger partial charge < -0.3 is 20.3 Å². The summed E-state index contributed by atoms with van der Waals surface area (Å²) in [5.74, 6) is 3.10. The number of aromatic nitrogens is 2. The van der Waals surface area contributed by atoms with Gasteiger partial charge in [0.15, 0.2) is 5.11 Å². The molecule has 1 atom stereocenters. The zero-order valence-electron chi connectivity index (χ0n) is 14.4. The molecule has 0 spiro atoms. The summed E-state index contributed by atoms with van der Waals surface area (Å²) < 4.78 is 5.31. The van der Waals surface area contributed by atoms with Gasteiger partial charge in [0.2, 0.25) is 11.8 Å². The molecule has 1 aliphatic heterocycles. The highest BCUT2D eigenvalue weighted by Crippen LogP contribution is 2.24. The average Bonchev–Trinajstić information content (AvgIpc) is 2.52. The van der Waals surface area contributed by atoms with E-state index in [1.807, 2.05) is 6.07 Å². The Morgan fingerprint density at radius 2 is 2.26 bits per heavy atom. The predicted molar refractivity (Wildman–Crippen MR) is 98.3 cm³/mol. The number of ether oxygens (including phenoxy) is 1. The van der Waals surface area contributed by atoms with Gasteiger partial charge in [0.1, 0.15) is 5.82 Å². The Balaban J connectivity index is 2.10. The smallest absolute Gasteiger partial charge is 0.234 e. The summed E-state index contributed by atoms with van der Waals surface area (Å²) in [6, 6.07) is 1.88. The first kappa shape index (κ1) is 17.7. The van der Waals surface area contributed by atoms with Gasteiger partial charge in [-0.15, -0.1) is 0 Å². The molecule has 7 heteroatoms. The molecule has 2 N–H and O–H groups in total. The van der Waals surface area contributed by atoms with Crippen LogP contribution in [0.4, 0.5) is 11.8 Å². The average molecular weight is 337 g/mol. The maximum atomic E-state index is 5.31. The largest absolute Gasteiger partial charge is 0.481 e. The van der Waals surface area contributed by atoms with Crippen molar-refractivity contribution in [2.24, 2.45) is 11.8 Å². The minimum atomic E-state index is 0.471. The van der Waals surface area contributed by atoms with Crippen molar-refractivity contribution < 1.29 is 4.74 Å². The van der Waals surface area contributed by atoms with E-state index in [0.717, 1.165) is 25.5 Å². The Morgan fingerprint density at radius 3 is 2.91 bits per heavy atom. The topological polar surface area (TPSA) is 62.3 Å². The van der Waals surface area contributed by atoms with E-state index < -0.39 is 0 Å². The van der Waals surface area contributed by atoms with Gasteiger partial charge in [0, 0.05) is 25.7 Å². The fourth-order valence-corrected chi connectivity index (χ4v) is 2.75. The molecular formula is C16H27N5OS. The maximum Gasteiger partial charge on any atom is 0.234 e. The van der Waals surface area contributed by atoms with Crippen molar-refractivity contribution in [2.75, 3.05) is 37.0 Å². The van der Waals surface area contributed by atoms with Crippen LogP contribution in [0.25, 0.3) is 0 Å². The van der Waals surface area contributed by atoms with E-state index in [0.29, 0.717) is 28.8 Å². The third kappa shape index (κ3) is 5.49. The summed E-state index contributed by atoms with van der Waals surface area (Å²) >= 11 is 5.30. The lowest BCUT2D eigenvalue weighted by Crippen LogP contribution is -2.35. The monoisotopic (exact) mass is 337 g/mol. The molecule has 2 rings (SSSR count). The summed E-state index contributed by atoms with van der Waals surface area (Å²) in [5.41, 5.74) is 0. The van der Waals surface area contributed by atoms with Crippen LogP contribution in [-0.4, -0.2) is 41.8 Å². The first-order chi connectivity index (χ1) is 11.0. The highest BCUT2D eigenvalue weighted by atomic mass is 32.1. The number of thiocarbonyl (C=S) groups is 1. The van der Waals surface area contributed by atoms with E-state index in [1.54, 1.807) is 7.11 Å². The molecule has 23 heavy (non-hydrogen) atoms. The second-order valence-corrected chi connectivity index (χ2v) is 6.92. The highest BCUT2D eigenvalue weighted by molar-refractivity contribution is 7.80. The van der Waals surface area contributed by atoms with E-state index in [1.165, 1.54) is 12.8 Å². The van der Waals surface area contributed by atoms with E-state index in [4.69, 9.17) is 17.0 Å². The lowest BCUT2D eigenvalue weighted by atomic mass is 10.0. The first-order valence-electron chi connectivity index (χ1n) is 8.20. The van der Waals surface area contributed by atoms with Crippen LogP contribution in [0.2, 0.25) is 0 Å². The molecule has 128 valence electrons. The molecule has 0 aromatic carbocycles. The third-order valence-electron chi connectivity index (χ3n) is 3.78. The molecule has 0 amide bonds. The minimum absolute atomic E-state index is 0.471. The van der Waals surface area contributed by atoms with E-state index in [2.05, 4.69) is 46.3 Å². The zero-order chi connectivity index (χ0) is 16.8. The second-order valence-electron chi connectivity index (χ2n) is 6.51. The number of nitrogens with zero attached hydrogens (tertiary/aromatic N) is 3. The number of nitrogens with one attached hydrogen (secondary N) is 2. The van der Waals surface area contributed by atoms with Crippen molar-refractivity contribution in [1.29, 1.82) is 0 Å². The van der Waals surface area contributed by atoms with Crippen LogP contribution < -0.4 is 20.3 Å². The van der Waals surface area contributed by atoms with Crippen molar-refractivity contribution in [2.45, 2.75) is 33.6 Å². The molecule has 0 radical (unpaired) electrons. The van der Waals surface area contributed by atoms with E-state index in [9.17, 15) is 0 Å². The van der Waals surface area contributed by atoms with Crippen molar-refractivity contribution in [1.82, 2.24) is 15.3 Å². The molecule has 1 unspecified atom stereocenters. The molecule has 1 fully saturated rings. The summed E-state index contributed by atoms with van der Waals surface area (Å²) in [5, 5.41) is 6.75. The van der Waals surface area contributed by atoms with Crippen molar-refractivity contribution in [3.05, 3.63) is 6.07 Å². The number of hydrogen-bond acceptors (Lipinski definition) is 5. The molecule has 0 saturated carbocycles. The summed E-state index contributed by atoms with van der Waals surface area (Å²) in [6.45, 7) is 9.37. The number of piperidine rings is 1. The fraction of sp³-hybridized carbons (Fsp3) is 0.688. The summed E-state index contributed by atoms with van der Waals surface area (Å²) in [7, 11) is 1.62. The SMILES string of the molecule is COc1cc(N2CCCC(C)C2)nc(NC(=S)NCC(C)C)n1. The van der Waals surface area contributed by atoms with Crippen LogP contribution in [0, 0.1) is 11.8 Å². The van der Waals surface area contributed by atoms with Crippen LogP contribution in [-0.2, 0) is 0 Å². The molecule has 1 aliphatic rings. The number of hydrogen-bond donors (Lipinski definition) is 2. The summed E-state index contributed by atoms with van der Waals surface area (Å²) in [4.78, 5) is 11.2. The molecule has 1 aromatic rings. The van der Waals surface area contributed by atoms with Crippen LogP contribution in [0.1, 0.15) is 33.6 Å². The van der Waals surface area contributed by atoms with Gasteiger partial charge in [-0.05, 0) is 36.9 Å². The van der Waals surface area contributed by atoms with Crippen molar-refractivity contribution in [3.8, 4) is 5.88 Å².